The summed E-state index contributed by atoms with van der Waals surface area (Å²) in [6.07, 6.45) is 5.26. The summed E-state index contributed by atoms with van der Waals surface area (Å²) in [4.78, 5) is 7.68. The predicted octanol–water partition coefficient (Wildman–Crippen LogP) is -0.112. The molecule has 0 aliphatic rings. The Morgan fingerprint density at radius 2 is 2.42 bits per heavy atom. The van der Waals surface area contributed by atoms with Gasteiger partial charge in [-0.3, -0.25) is 14.2 Å². The molecule has 2 atom stereocenters. The second-order valence-electron chi connectivity index (χ2n) is 2.39. The topological polar surface area (TPSA) is 63.1 Å². The van der Waals surface area contributed by atoms with Crippen LogP contribution >= 0.6 is 0 Å². The minimum atomic E-state index is -1.01. The Morgan fingerprint density at radius 1 is 1.67 bits per heavy atom. The molecular formula is C7H10N2O2S. The molecule has 0 amide bonds. The third kappa shape index (κ3) is 2.67. The summed E-state index contributed by atoms with van der Waals surface area (Å²) in [6, 6.07) is 0. The molecule has 0 radical (unpaired) electrons. The molecule has 0 saturated heterocycles. The zero-order valence-electron chi connectivity index (χ0n) is 6.67. The van der Waals surface area contributed by atoms with E-state index in [0.29, 0.717) is 5.69 Å². The molecule has 0 aliphatic heterocycles. The van der Waals surface area contributed by atoms with Crippen molar-refractivity contribution in [3.63, 3.8) is 0 Å². The average molecular weight is 186 g/mol. The zero-order valence-corrected chi connectivity index (χ0v) is 7.49. The van der Waals surface area contributed by atoms with Gasteiger partial charge in [0.05, 0.1) is 17.6 Å². The van der Waals surface area contributed by atoms with Crippen LogP contribution in [0.4, 0.5) is 0 Å². The lowest BCUT2D eigenvalue weighted by atomic mass is 10.3. The van der Waals surface area contributed by atoms with E-state index in [4.69, 9.17) is 0 Å². The van der Waals surface area contributed by atoms with Gasteiger partial charge in [0.25, 0.3) is 0 Å². The molecule has 0 aromatic carbocycles. The van der Waals surface area contributed by atoms with Crippen LogP contribution in [-0.2, 0) is 10.8 Å². The Hall–Kier alpha value is -0.810. The molecule has 0 bridgehead atoms. The van der Waals surface area contributed by atoms with Crippen molar-refractivity contribution in [2.45, 2.75) is 6.10 Å². The monoisotopic (exact) mass is 186 g/mol. The van der Waals surface area contributed by atoms with Crippen LogP contribution in [0.2, 0.25) is 0 Å². The molecule has 1 aromatic heterocycles. The summed E-state index contributed by atoms with van der Waals surface area (Å²) in [5.74, 6) is 0.207. The summed E-state index contributed by atoms with van der Waals surface area (Å²) in [7, 11) is -1.01. The zero-order chi connectivity index (χ0) is 8.97. The Labute approximate surface area is 73.1 Å². The highest BCUT2D eigenvalue weighted by Crippen LogP contribution is 2.07. The number of hydrogen-bond acceptors (Lipinski definition) is 4. The number of aromatic nitrogens is 2. The van der Waals surface area contributed by atoms with E-state index in [1.54, 1.807) is 6.26 Å². The highest BCUT2D eigenvalue weighted by Gasteiger charge is 2.09. The molecule has 0 aliphatic carbocycles. The van der Waals surface area contributed by atoms with E-state index in [0.717, 1.165) is 0 Å². The van der Waals surface area contributed by atoms with Gasteiger partial charge in [-0.15, -0.1) is 0 Å². The van der Waals surface area contributed by atoms with E-state index in [1.807, 2.05) is 0 Å². The molecule has 0 unspecified atom stereocenters. The third-order valence-electron chi connectivity index (χ3n) is 1.32. The highest BCUT2D eigenvalue weighted by atomic mass is 32.2. The normalized spacial score (nSPS) is 15.5. The molecule has 0 fully saturated rings. The first kappa shape index (κ1) is 9.28. The lowest BCUT2D eigenvalue weighted by molar-refractivity contribution is 0.197. The molecule has 5 heteroatoms. The fourth-order valence-corrected chi connectivity index (χ4v) is 1.41. The van der Waals surface area contributed by atoms with Crippen molar-refractivity contribution in [3.8, 4) is 0 Å². The Kier molecular flexibility index (Phi) is 3.31. The van der Waals surface area contributed by atoms with E-state index in [9.17, 15) is 9.32 Å². The van der Waals surface area contributed by atoms with Crippen LogP contribution in [0.15, 0.2) is 18.6 Å². The first-order valence-electron chi connectivity index (χ1n) is 3.44. The molecule has 1 rings (SSSR count). The van der Waals surface area contributed by atoms with Crippen molar-refractivity contribution in [1.82, 2.24) is 9.97 Å². The van der Waals surface area contributed by atoms with E-state index < -0.39 is 16.9 Å². The number of aliphatic hydroxyl groups is 1. The van der Waals surface area contributed by atoms with Crippen LogP contribution < -0.4 is 0 Å². The van der Waals surface area contributed by atoms with Crippen molar-refractivity contribution in [1.29, 1.82) is 0 Å². The average Bonchev–Trinajstić information content (AvgIpc) is 2.05. The summed E-state index contributed by atoms with van der Waals surface area (Å²) < 4.78 is 10.7. The second-order valence-corrected chi connectivity index (χ2v) is 3.87. The molecule has 1 heterocycles. The Balaban J connectivity index is 2.65. The smallest absolute Gasteiger partial charge is 0.109 e. The van der Waals surface area contributed by atoms with Crippen molar-refractivity contribution in [3.05, 3.63) is 24.3 Å². The second kappa shape index (κ2) is 4.27. The minimum Gasteiger partial charge on any atom is -0.386 e. The molecule has 12 heavy (non-hydrogen) atoms. The molecule has 0 saturated carbocycles. The van der Waals surface area contributed by atoms with Crippen LogP contribution in [0.1, 0.15) is 11.8 Å². The lowest BCUT2D eigenvalue weighted by Crippen LogP contribution is -2.09. The van der Waals surface area contributed by atoms with Crippen molar-refractivity contribution >= 4 is 10.8 Å². The molecule has 1 aromatic rings. The lowest BCUT2D eigenvalue weighted by Gasteiger charge is -2.05. The van der Waals surface area contributed by atoms with E-state index in [2.05, 4.69) is 9.97 Å². The summed E-state index contributed by atoms with van der Waals surface area (Å²) in [5.41, 5.74) is 0.465. The van der Waals surface area contributed by atoms with Gasteiger partial charge < -0.3 is 5.11 Å². The fourth-order valence-electron chi connectivity index (χ4n) is 0.790. The van der Waals surface area contributed by atoms with Gasteiger partial charge >= 0.3 is 0 Å². The number of aliphatic hydroxyl groups excluding tert-OH is 1. The van der Waals surface area contributed by atoms with Gasteiger partial charge in [0.15, 0.2) is 0 Å². The minimum absolute atomic E-state index is 0.207. The van der Waals surface area contributed by atoms with Gasteiger partial charge in [-0.2, -0.15) is 0 Å². The third-order valence-corrected chi connectivity index (χ3v) is 2.10. The van der Waals surface area contributed by atoms with Crippen molar-refractivity contribution in [2.75, 3.05) is 12.0 Å². The van der Waals surface area contributed by atoms with Crippen LogP contribution in [0, 0.1) is 0 Å². The maximum absolute atomic E-state index is 10.7. The van der Waals surface area contributed by atoms with Gasteiger partial charge in [0.2, 0.25) is 0 Å². The SMILES string of the molecule is C[S@](=O)C[C@H](O)c1cnccn1. The van der Waals surface area contributed by atoms with Gasteiger partial charge in [0.1, 0.15) is 6.10 Å². The standard InChI is InChI=1S/C7H10N2O2S/c1-12(11)5-7(10)6-4-8-2-3-9-6/h2-4,7,10H,5H2,1H3/t7-,12-/m0/s1. The van der Waals surface area contributed by atoms with Crippen LogP contribution in [0.3, 0.4) is 0 Å². The van der Waals surface area contributed by atoms with Gasteiger partial charge in [-0.25, -0.2) is 0 Å². The van der Waals surface area contributed by atoms with E-state index >= 15 is 0 Å². The molecule has 4 nitrogen and oxygen atoms in total. The number of rotatable bonds is 3. The predicted molar refractivity (Wildman–Crippen MR) is 45.9 cm³/mol. The highest BCUT2D eigenvalue weighted by molar-refractivity contribution is 7.84. The maximum atomic E-state index is 10.7. The molecule has 66 valence electrons. The van der Waals surface area contributed by atoms with Gasteiger partial charge in [-0.05, 0) is 0 Å². The van der Waals surface area contributed by atoms with Crippen LogP contribution in [0.5, 0.6) is 0 Å². The first-order chi connectivity index (χ1) is 5.70. The van der Waals surface area contributed by atoms with E-state index in [-0.39, 0.29) is 5.75 Å². The quantitative estimate of drug-likeness (QED) is 0.715. The van der Waals surface area contributed by atoms with Crippen LogP contribution in [-0.4, -0.2) is 31.3 Å². The van der Waals surface area contributed by atoms with Gasteiger partial charge in [0, 0.05) is 29.4 Å². The van der Waals surface area contributed by atoms with Crippen molar-refractivity contribution < 1.29 is 9.32 Å². The van der Waals surface area contributed by atoms with E-state index in [1.165, 1.54) is 18.6 Å². The summed E-state index contributed by atoms with van der Waals surface area (Å²) >= 11 is 0. The fraction of sp³-hybridized carbons (Fsp3) is 0.429. The number of nitrogens with zero attached hydrogens (tertiary/aromatic N) is 2. The summed E-state index contributed by atoms with van der Waals surface area (Å²) in [5, 5.41) is 9.40. The molecule has 1 N–H and O–H groups in total. The van der Waals surface area contributed by atoms with Crippen molar-refractivity contribution in [2.24, 2.45) is 0 Å². The molecular weight excluding hydrogens is 176 g/mol. The van der Waals surface area contributed by atoms with Gasteiger partial charge in [-0.1, -0.05) is 0 Å². The molecule has 0 spiro atoms. The Bertz CT molecular complexity index is 265. The Morgan fingerprint density at radius 3 is 2.92 bits per heavy atom. The maximum Gasteiger partial charge on any atom is 0.109 e. The largest absolute Gasteiger partial charge is 0.386 e. The van der Waals surface area contributed by atoms with Crippen LogP contribution in [0.25, 0.3) is 0 Å². The summed E-state index contributed by atoms with van der Waals surface area (Å²) in [6.45, 7) is 0. The number of hydrogen-bond donors (Lipinski definition) is 1. The first-order valence-corrected chi connectivity index (χ1v) is 5.17.